The standard InChI is InChI=1S/C29H26ClN5O2S/c1-20(16-17-21-10-4-2-5-11-21)31-28(36)25-18-37-26(32-25)19-38-29-34-33-27(23-14-8-9-15-24(23)30)35(29)22-12-6-3-7-13-22/h2-15,18,20H,16-17,19H2,1H3,(H,31,36). The summed E-state index contributed by atoms with van der Waals surface area (Å²) in [5, 5.41) is 13.1. The summed E-state index contributed by atoms with van der Waals surface area (Å²) >= 11 is 7.89. The van der Waals surface area contributed by atoms with Gasteiger partial charge in [0, 0.05) is 17.3 Å². The Hall–Kier alpha value is -3.88. The number of oxazole rings is 1. The van der Waals surface area contributed by atoms with Crippen LogP contribution in [0.2, 0.25) is 5.02 Å². The lowest BCUT2D eigenvalue weighted by atomic mass is 10.1. The highest BCUT2D eigenvalue weighted by molar-refractivity contribution is 7.98. The van der Waals surface area contributed by atoms with E-state index in [2.05, 4.69) is 32.6 Å². The number of amides is 1. The lowest BCUT2D eigenvalue weighted by Gasteiger charge is -2.12. The predicted molar refractivity (Wildman–Crippen MR) is 150 cm³/mol. The van der Waals surface area contributed by atoms with Crippen LogP contribution < -0.4 is 5.32 Å². The number of hydrogen-bond donors (Lipinski definition) is 1. The molecule has 5 aromatic rings. The Morgan fingerprint density at radius 3 is 2.47 bits per heavy atom. The predicted octanol–water partition coefficient (Wildman–Crippen LogP) is 6.62. The van der Waals surface area contributed by atoms with E-state index in [0.29, 0.717) is 27.6 Å². The quantitative estimate of drug-likeness (QED) is 0.199. The third-order valence-corrected chi connectivity index (χ3v) is 7.20. The summed E-state index contributed by atoms with van der Waals surface area (Å²) in [6, 6.07) is 27.6. The summed E-state index contributed by atoms with van der Waals surface area (Å²) in [5.74, 6) is 1.20. The van der Waals surface area contributed by atoms with Gasteiger partial charge in [-0.3, -0.25) is 9.36 Å². The molecular weight excluding hydrogens is 518 g/mol. The summed E-state index contributed by atoms with van der Waals surface area (Å²) in [7, 11) is 0. The summed E-state index contributed by atoms with van der Waals surface area (Å²) in [6.07, 6.45) is 3.12. The second kappa shape index (κ2) is 12.1. The SMILES string of the molecule is CC(CCc1ccccc1)NC(=O)c1coc(CSc2nnc(-c3ccccc3Cl)n2-c2ccccc2)n1. The molecular formula is C29H26ClN5O2S. The zero-order chi connectivity index (χ0) is 26.3. The largest absolute Gasteiger partial charge is 0.447 e. The molecule has 0 spiro atoms. The van der Waals surface area contributed by atoms with Gasteiger partial charge in [-0.05, 0) is 49.6 Å². The van der Waals surface area contributed by atoms with Crippen molar-refractivity contribution in [3.8, 4) is 17.1 Å². The smallest absolute Gasteiger partial charge is 0.273 e. The molecule has 9 heteroatoms. The Kier molecular flexibility index (Phi) is 8.21. The van der Waals surface area contributed by atoms with Crippen LogP contribution in [0.4, 0.5) is 0 Å². The maximum atomic E-state index is 12.7. The molecule has 0 saturated carbocycles. The van der Waals surface area contributed by atoms with Crippen LogP contribution in [-0.2, 0) is 12.2 Å². The first kappa shape index (κ1) is 25.8. The fraction of sp³-hybridized carbons (Fsp3) is 0.172. The topological polar surface area (TPSA) is 85.8 Å². The van der Waals surface area contributed by atoms with Crippen LogP contribution in [0.5, 0.6) is 0 Å². The number of halogens is 1. The Morgan fingerprint density at radius 2 is 1.71 bits per heavy atom. The van der Waals surface area contributed by atoms with Crippen molar-refractivity contribution in [1.29, 1.82) is 0 Å². The third-order valence-electron chi connectivity index (χ3n) is 5.96. The van der Waals surface area contributed by atoms with Crippen LogP contribution in [-0.4, -0.2) is 31.7 Å². The molecule has 1 atom stereocenters. The van der Waals surface area contributed by atoms with Gasteiger partial charge in [-0.15, -0.1) is 10.2 Å². The van der Waals surface area contributed by atoms with Gasteiger partial charge in [0.1, 0.15) is 6.26 Å². The number of para-hydroxylation sites is 1. The highest BCUT2D eigenvalue weighted by Gasteiger charge is 2.20. The molecule has 192 valence electrons. The average molecular weight is 544 g/mol. The molecule has 5 rings (SSSR count). The summed E-state index contributed by atoms with van der Waals surface area (Å²) < 4.78 is 7.56. The zero-order valence-corrected chi connectivity index (χ0v) is 22.3. The molecule has 2 heterocycles. The Balaban J connectivity index is 1.26. The van der Waals surface area contributed by atoms with E-state index in [0.717, 1.165) is 24.1 Å². The molecule has 1 amide bonds. The number of thioether (sulfide) groups is 1. The van der Waals surface area contributed by atoms with Gasteiger partial charge in [-0.1, -0.05) is 84.0 Å². The van der Waals surface area contributed by atoms with E-state index in [9.17, 15) is 4.79 Å². The molecule has 3 aromatic carbocycles. The number of rotatable bonds is 10. The highest BCUT2D eigenvalue weighted by Crippen LogP contribution is 2.32. The van der Waals surface area contributed by atoms with Gasteiger partial charge in [0.25, 0.3) is 5.91 Å². The van der Waals surface area contributed by atoms with Crippen molar-refractivity contribution in [1.82, 2.24) is 25.1 Å². The lowest BCUT2D eigenvalue weighted by Crippen LogP contribution is -2.33. The maximum absolute atomic E-state index is 12.7. The second-order valence-corrected chi connectivity index (χ2v) is 10.1. The number of hydrogen-bond acceptors (Lipinski definition) is 6. The first-order chi connectivity index (χ1) is 18.6. The summed E-state index contributed by atoms with van der Waals surface area (Å²) in [6.45, 7) is 1.99. The number of carbonyl (C=O) groups is 1. The summed E-state index contributed by atoms with van der Waals surface area (Å²) in [5.41, 5.74) is 3.20. The molecule has 1 unspecified atom stereocenters. The maximum Gasteiger partial charge on any atom is 0.273 e. The molecule has 0 fully saturated rings. The minimum Gasteiger partial charge on any atom is -0.447 e. The first-order valence-electron chi connectivity index (χ1n) is 12.3. The first-order valence-corrected chi connectivity index (χ1v) is 13.6. The van der Waals surface area contributed by atoms with E-state index in [-0.39, 0.29) is 17.6 Å². The van der Waals surface area contributed by atoms with E-state index in [1.165, 1.54) is 23.6 Å². The molecule has 7 nitrogen and oxygen atoms in total. The van der Waals surface area contributed by atoms with Crippen molar-refractivity contribution in [2.45, 2.75) is 36.7 Å². The van der Waals surface area contributed by atoms with Crippen molar-refractivity contribution >= 4 is 29.3 Å². The van der Waals surface area contributed by atoms with Crippen LogP contribution >= 0.6 is 23.4 Å². The van der Waals surface area contributed by atoms with Crippen molar-refractivity contribution in [3.63, 3.8) is 0 Å². The molecule has 0 aliphatic heterocycles. The fourth-order valence-electron chi connectivity index (χ4n) is 4.00. The highest BCUT2D eigenvalue weighted by atomic mass is 35.5. The average Bonchev–Trinajstić information content (AvgIpc) is 3.60. The van der Waals surface area contributed by atoms with Crippen LogP contribution in [0.15, 0.2) is 101 Å². The van der Waals surface area contributed by atoms with Gasteiger partial charge >= 0.3 is 0 Å². The molecule has 2 aromatic heterocycles. The monoisotopic (exact) mass is 543 g/mol. The van der Waals surface area contributed by atoms with E-state index in [1.807, 2.05) is 84.3 Å². The lowest BCUT2D eigenvalue weighted by molar-refractivity contribution is 0.0933. The zero-order valence-electron chi connectivity index (χ0n) is 20.8. The minimum absolute atomic E-state index is 0.00452. The molecule has 1 N–H and O–H groups in total. The van der Waals surface area contributed by atoms with Gasteiger partial charge in [-0.25, -0.2) is 4.98 Å². The van der Waals surface area contributed by atoms with E-state index < -0.39 is 0 Å². The fourth-order valence-corrected chi connectivity index (χ4v) is 5.02. The van der Waals surface area contributed by atoms with Crippen molar-refractivity contribution in [2.24, 2.45) is 0 Å². The van der Waals surface area contributed by atoms with Crippen LogP contribution in [0.1, 0.15) is 35.3 Å². The number of nitrogens with zero attached hydrogens (tertiary/aromatic N) is 4. The molecule has 38 heavy (non-hydrogen) atoms. The molecule has 0 aliphatic carbocycles. The Bertz CT molecular complexity index is 1500. The molecule has 0 aliphatic rings. The summed E-state index contributed by atoms with van der Waals surface area (Å²) in [4.78, 5) is 17.1. The Labute approximate surface area is 230 Å². The van der Waals surface area contributed by atoms with Crippen LogP contribution in [0, 0.1) is 0 Å². The van der Waals surface area contributed by atoms with Crippen molar-refractivity contribution < 1.29 is 9.21 Å². The van der Waals surface area contributed by atoms with Crippen LogP contribution in [0.25, 0.3) is 17.1 Å². The van der Waals surface area contributed by atoms with Gasteiger partial charge in [-0.2, -0.15) is 0 Å². The normalized spacial score (nSPS) is 11.8. The number of nitrogens with one attached hydrogen (secondary N) is 1. The van der Waals surface area contributed by atoms with Gasteiger partial charge in [0.2, 0.25) is 5.89 Å². The van der Waals surface area contributed by atoms with E-state index in [4.69, 9.17) is 16.0 Å². The molecule has 0 radical (unpaired) electrons. The molecule has 0 saturated heterocycles. The number of aryl methyl sites for hydroxylation is 1. The van der Waals surface area contributed by atoms with E-state index >= 15 is 0 Å². The minimum atomic E-state index is -0.251. The number of aromatic nitrogens is 4. The molecule has 0 bridgehead atoms. The number of carbonyl (C=O) groups excluding carboxylic acids is 1. The van der Waals surface area contributed by atoms with Gasteiger partial charge in [0.15, 0.2) is 16.7 Å². The van der Waals surface area contributed by atoms with Gasteiger partial charge < -0.3 is 9.73 Å². The third kappa shape index (κ3) is 6.15. The Morgan fingerprint density at radius 1 is 1.00 bits per heavy atom. The van der Waals surface area contributed by atoms with E-state index in [1.54, 1.807) is 0 Å². The van der Waals surface area contributed by atoms with Crippen molar-refractivity contribution in [3.05, 3.63) is 113 Å². The van der Waals surface area contributed by atoms with Gasteiger partial charge in [0.05, 0.1) is 10.8 Å². The van der Waals surface area contributed by atoms with Crippen molar-refractivity contribution in [2.75, 3.05) is 0 Å². The second-order valence-electron chi connectivity index (χ2n) is 8.77. The number of benzene rings is 3. The van der Waals surface area contributed by atoms with Crippen LogP contribution in [0.3, 0.4) is 0 Å².